The second-order valence-corrected chi connectivity index (χ2v) is 12.1. The average molecular weight is 605 g/mol. The van der Waals surface area contributed by atoms with Crippen LogP contribution < -0.4 is 16.4 Å². The number of carbonyl (C=O) groups is 6. The quantitative estimate of drug-likeness (QED) is 0.229. The third-order valence-electron chi connectivity index (χ3n) is 9.21. The number of nitrogens with one attached hydrogen (secondary N) is 2. The van der Waals surface area contributed by atoms with Crippen molar-refractivity contribution in [3.63, 3.8) is 0 Å². The molecule has 232 valence electrons. The lowest BCUT2D eigenvalue weighted by Gasteiger charge is -2.52. The number of hydrogen-bond acceptors (Lipinski definition) is 9. The molecule has 3 aliphatic carbocycles. The first-order valence-corrected chi connectivity index (χ1v) is 14.7. The van der Waals surface area contributed by atoms with Crippen LogP contribution in [0.1, 0.15) is 42.1 Å². The van der Waals surface area contributed by atoms with Crippen LogP contribution in [0.5, 0.6) is 5.75 Å². The van der Waals surface area contributed by atoms with Crippen LogP contribution >= 0.6 is 0 Å². The van der Waals surface area contributed by atoms with Crippen molar-refractivity contribution < 1.29 is 39.0 Å². The summed E-state index contributed by atoms with van der Waals surface area (Å²) in [7, 11) is 3.08. The number of primary amides is 1. The van der Waals surface area contributed by atoms with E-state index in [0.29, 0.717) is 28.9 Å². The summed E-state index contributed by atoms with van der Waals surface area (Å²) in [5.74, 6) is -10.9. The Morgan fingerprint density at radius 3 is 2.34 bits per heavy atom. The predicted molar refractivity (Wildman–Crippen MR) is 159 cm³/mol. The summed E-state index contributed by atoms with van der Waals surface area (Å²) in [6.45, 7) is 2.58. The number of Topliss-reactive ketones (excluding diaryl/α,β-unsaturated/α-hetero) is 4. The van der Waals surface area contributed by atoms with E-state index < -0.39 is 64.4 Å². The van der Waals surface area contributed by atoms with Crippen molar-refractivity contribution in [3.05, 3.63) is 47.5 Å². The first-order chi connectivity index (χ1) is 20.8. The van der Waals surface area contributed by atoms with Gasteiger partial charge in [-0.2, -0.15) is 0 Å². The fourth-order valence-corrected chi connectivity index (χ4v) is 7.16. The number of carbonyl (C=O) groups excluding carboxylic acids is 6. The summed E-state index contributed by atoms with van der Waals surface area (Å²) in [6, 6.07) is 8.46. The highest BCUT2D eigenvalue weighted by Gasteiger charge is 2.69. The molecule has 0 heterocycles. The monoisotopic (exact) mass is 604 g/mol. The van der Waals surface area contributed by atoms with E-state index in [9.17, 15) is 39.0 Å². The van der Waals surface area contributed by atoms with Crippen LogP contribution in [0.4, 0.5) is 10.5 Å². The molecule has 2 aromatic carbocycles. The van der Waals surface area contributed by atoms with E-state index in [4.69, 9.17) is 5.73 Å². The fraction of sp³-hybridized carbons (Fsp3) is 0.438. The van der Waals surface area contributed by atoms with E-state index in [-0.39, 0.29) is 30.2 Å². The van der Waals surface area contributed by atoms with Crippen LogP contribution in [0.15, 0.2) is 36.4 Å². The number of hydrogen-bond donors (Lipinski definition) is 5. The number of phenols is 1. The number of nitrogens with two attached hydrogens (primary N) is 1. The topological polar surface area (TPSA) is 196 Å². The third-order valence-corrected chi connectivity index (χ3v) is 9.21. The maximum atomic E-state index is 14.0. The predicted octanol–water partition coefficient (Wildman–Crippen LogP) is 1.46. The SMILES string of the molecule is CCCCNC(=O)Nc1ccc(-c2ccc(O)c3c2C[C@H]2C[C@H]4[C@H](N(C)C)C(=O)C(C(N)=O)C(=O)[C@@]4(O)C(=O)C2C3=O)cc1. The van der Waals surface area contributed by atoms with Crippen LogP contribution in [0.25, 0.3) is 11.1 Å². The lowest BCUT2D eigenvalue weighted by atomic mass is 9.52. The molecule has 44 heavy (non-hydrogen) atoms. The van der Waals surface area contributed by atoms with Gasteiger partial charge in [0, 0.05) is 18.2 Å². The molecule has 0 radical (unpaired) electrons. The number of nitrogens with zero attached hydrogens (tertiary/aromatic N) is 1. The standard InChI is InChI=1S/C32H36N4O8/c1-4-5-12-34-31(43)35-17-8-6-15(7-9-17)18-10-11-21(37)23-19(18)13-16-14-20-25(36(2)3)27(39)24(30(33)42)29(41)32(20,44)28(40)22(16)26(23)38/h6-11,16,20,22,24-25,37,44H,4-5,12-14H2,1-3H3,(H2,33,42)(H2,34,35,43)/t16-,20-,22?,24?,25-,32-/m0/s1. The van der Waals surface area contributed by atoms with Crippen molar-refractivity contribution in [2.24, 2.45) is 29.4 Å². The summed E-state index contributed by atoms with van der Waals surface area (Å²) in [4.78, 5) is 80.3. The van der Waals surface area contributed by atoms with Crippen molar-refractivity contribution in [1.82, 2.24) is 10.2 Å². The van der Waals surface area contributed by atoms with Crippen LogP contribution in [-0.2, 0) is 25.6 Å². The highest BCUT2D eigenvalue weighted by Crippen LogP contribution is 2.51. The summed E-state index contributed by atoms with van der Waals surface area (Å²) >= 11 is 0. The Morgan fingerprint density at radius 2 is 1.73 bits per heavy atom. The molecule has 2 fully saturated rings. The zero-order valence-corrected chi connectivity index (χ0v) is 24.8. The minimum Gasteiger partial charge on any atom is -0.507 e. The van der Waals surface area contributed by atoms with Gasteiger partial charge in [0.2, 0.25) is 5.91 Å². The van der Waals surface area contributed by atoms with Crippen LogP contribution in [0.2, 0.25) is 0 Å². The first-order valence-electron chi connectivity index (χ1n) is 14.7. The largest absolute Gasteiger partial charge is 0.507 e. The summed E-state index contributed by atoms with van der Waals surface area (Å²) in [5, 5.41) is 28.0. The number of aliphatic hydroxyl groups is 1. The van der Waals surface area contributed by atoms with E-state index in [2.05, 4.69) is 10.6 Å². The molecule has 6 atom stereocenters. The summed E-state index contributed by atoms with van der Waals surface area (Å²) in [5.41, 5.74) is 4.90. The molecule has 0 spiro atoms. The number of unbranched alkanes of at least 4 members (excludes halogenated alkanes) is 1. The molecule has 2 aromatic rings. The molecule has 2 saturated carbocycles. The molecule has 3 aliphatic rings. The molecule has 3 amide bonds. The number of rotatable bonds is 7. The van der Waals surface area contributed by atoms with Gasteiger partial charge >= 0.3 is 6.03 Å². The second kappa shape index (κ2) is 11.6. The Hall–Kier alpha value is -4.42. The highest BCUT2D eigenvalue weighted by atomic mass is 16.3. The smallest absolute Gasteiger partial charge is 0.319 e. The maximum absolute atomic E-state index is 14.0. The van der Waals surface area contributed by atoms with Gasteiger partial charge in [-0.25, -0.2) is 4.79 Å². The third kappa shape index (κ3) is 4.87. The van der Waals surface area contributed by atoms with Crippen molar-refractivity contribution in [1.29, 1.82) is 0 Å². The number of anilines is 1. The van der Waals surface area contributed by atoms with Gasteiger partial charge in [0.1, 0.15) is 5.75 Å². The van der Waals surface area contributed by atoms with E-state index in [1.165, 1.54) is 25.1 Å². The van der Waals surface area contributed by atoms with E-state index >= 15 is 0 Å². The number of amides is 3. The average Bonchev–Trinajstić information content (AvgIpc) is 2.95. The summed E-state index contributed by atoms with van der Waals surface area (Å²) < 4.78 is 0. The molecule has 2 unspecified atom stereocenters. The van der Waals surface area contributed by atoms with Gasteiger partial charge in [0.05, 0.1) is 17.5 Å². The van der Waals surface area contributed by atoms with E-state index in [0.717, 1.165) is 12.8 Å². The zero-order valence-electron chi connectivity index (χ0n) is 24.8. The Bertz CT molecular complexity index is 1570. The molecule has 0 aromatic heterocycles. The van der Waals surface area contributed by atoms with Gasteiger partial charge in [0.15, 0.2) is 34.7 Å². The summed E-state index contributed by atoms with van der Waals surface area (Å²) in [6.07, 6.45) is 1.93. The second-order valence-electron chi connectivity index (χ2n) is 12.1. The molecule has 5 rings (SSSR count). The van der Waals surface area contributed by atoms with Crippen molar-refractivity contribution in [3.8, 4) is 16.9 Å². The van der Waals surface area contributed by atoms with Gasteiger partial charge in [-0.3, -0.25) is 28.9 Å². The number of benzene rings is 2. The maximum Gasteiger partial charge on any atom is 0.319 e. The number of ketones is 4. The zero-order chi connectivity index (χ0) is 32.1. The van der Waals surface area contributed by atoms with Crippen LogP contribution in [0.3, 0.4) is 0 Å². The van der Waals surface area contributed by atoms with Gasteiger partial charge < -0.3 is 26.6 Å². The minimum absolute atomic E-state index is 0.0327. The van der Waals surface area contributed by atoms with Crippen molar-refractivity contribution in [2.75, 3.05) is 26.0 Å². The van der Waals surface area contributed by atoms with Gasteiger partial charge in [-0.05, 0) is 74.2 Å². The van der Waals surface area contributed by atoms with Crippen LogP contribution in [-0.4, -0.2) is 82.5 Å². The number of urea groups is 1. The Labute approximate surface area is 254 Å². The van der Waals surface area contributed by atoms with Crippen molar-refractivity contribution in [2.45, 2.75) is 44.2 Å². The number of phenolic OH excluding ortho intramolecular Hbond substituents is 1. The number of fused-ring (bicyclic) bond motifs is 3. The van der Waals surface area contributed by atoms with Crippen molar-refractivity contribution >= 4 is 40.8 Å². The number of aromatic hydroxyl groups is 1. The minimum atomic E-state index is -2.77. The molecular weight excluding hydrogens is 568 g/mol. The Morgan fingerprint density at radius 1 is 1.05 bits per heavy atom. The molecule has 12 nitrogen and oxygen atoms in total. The van der Waals surface area contributed by atoms with E-state index in [1.807, 2.05) is 6.92 Å². The van der Waals surface area contributed by atoms with Gasteiger partial charge in [-0.1, -0.05) is 31.5 Å². The van der Waals surface area contributed by atoms with Crippen LogP contribution in [0, 0.1) is 23.7 Å². The lowest BCUT2D eigenvalue weighted by Crippen LogP contribution is -2.74. The van der Waals surface area contributed by atoms with Gasteiger partial charge in [-0.15, -0.1) is 0 Å². The molecule has 6 N–H and O–H groups in total. The normalized spacial score (nSPS) is 27.8. The Balaban J connectivity index is 1.51. The molecule has 0 bridgehead atoms. The van der Waals surface area contributed by atoms with E-state index in [1.54, 1.807) is 30.3 Å². The number of likely N-dealkylation sites (N-methyl/N-ethyl adjacent to an activating group) is 1. The fourth-order valence-electron chi connectivity index (χ4n) is 7.16. The van der Waals surface area contributed by atoms with Gasteiger partial charge in [0.25, 0.3) is 0 Å². The first kappa shape index (κ1) is 31.0. The molecule has 0 saturated heterocycles. The highest BCUT2D eigenvalue weighted by molar-refractivity contribution is 6.32. The molecule has 12 heteroatoms. The molecular formula is C32H36N4O8. The lowest BCUT2D eigenvalue weighted by molar-refractivity contribution is -0.181. The Kier molecular flexibility index (Phi) is 8.17. The molecule has 0 aliphatic heterocycles.